The molecule has 8 nitrogen and oxygen atoms in total. The zero-order chi connectivity index (χ0) is 24.5. The van der Waals surface area contributed by atoms with E-state index >= 15 is 0 Å². The third-order valence-corrected chi connectivity index (χ3v) is 5.80. The number of nitrogens with zero attached hydrogens (tertiary/aromatic N) is 4. The first-order valence-corrected chi connectivity index (χ1v) is 11.0. The molecular weight excluding hydrogens is 444 g/mol. The fourth-order valence-electron chi connectivity index (χ4n) is 4.05. The Morgan fingerprint density at radius 3 is 1.54 bits per heavy atom. The van der Waals surface area contributed by atoms with Gasteiger partial charge in [0, 0.05) is 0 Å². The van der Waals surface area contributed by atoms with Gasteiger partial charge in [-0.2, -0.15) is 10.1 Å². The number of rotatable bonds is 4. The molecule has 0 spiro atoms. The highest BCUT2D eigenvalue weighted by Crippen LogP contribution is 2.31. The van der Waals surface area contributed by atoms with Crippen molar-refractivity contribution in [2.45, 2.75) is 6.92 Å². The quantitative estimate of drug-likeness (QED) is 0.429. The Bertz CT molecular complexity index is 1320. The van der Waals surface area contributed by atoms with E-state index in [1.54, 1.807) is 91.9 Å². The van der Waals surface area contributed by atoms with Gasteiger partial charge in [-0.15, -0.1) is 0 Å². The van der Waals surface area contributed by atoms with Gasteiger partial charge in [0.15, 0.2) is 0 Å². The highest BCUT2D eigenvalue weighted by atomic mass is 16.2. The molecule has 0 saturated carbocycles. The summed E-state index contributed by atoms with van der Waals surface area (Å²) in [5, 5.41) is 5.60. The van der Waals surface area contributed by atoms with E-state index in [1.807, 2.05) is 6.07 Å². The van der Waals surface area contributed by atoms with Gasteiger partial charge in [0.1, 0.15) is 5.57 Å². The lowest BCUT2D eigenvalue weighted by molar-refractivity contribution is -0.121. The van der Waals surface area contributed by atoms with E-state index < -0.39 is 29.7 Å². The molecule has 0 aliphatic carbocycles. The lowest BCUT2D eigenvalue weighted by Gasteiger charge is -2.34. The predicted octanol–water partition coefficient (Wildman–Crippen LogP) is 4.15. The van der Waals surface area contributed by atoms with Crippen molar-refractivity contribution in [1.82, 2.24) is 0 Å². The molecule has 0 aromatic heterocycles. The van der Waals surface area contributed by atoms with Gasteiger partial charge in [0.25, 0.3) is 17.7 Å². The van der Waals surface area contributed by atoms with Crippen molar-refractivity contribution in [1.29, 1.82) is 0 Å². The maximum atomic E-state index is 13.5. The fourth-order valence-corrected chi connectivity index (χ4v) is 4.05. The van der Waals surface area contributed by atoms with Gasteiger partial charge in [-0.25, -0.2) is 14.6 Å². The van der Waals surface area contributed by atoms with Crippen molar-refractivity contribution in [2.75, 3.05) is 14.8 Å². The Balaban J connectivity index is 1.58. The van der Waals surface area contributed by atoms with Crippen molar-refractivity contribution >= 4 is 46.5 Å². The van der Waals surface area contributed by atoms with Gasteiger partial charge in [-0.3, -0.25) is 14.4 Å². The van der Waals surface area contributed by atoms with Crippen LogP contribution in [0.25, 0.3) is 0 Å². The summed E-state index contributed by atoms with van der Waals surface area (Å²) in [7, 11) is 0. The van der Waals surface area contributed by atoms with Crippen LogP contribution in [0.5, 0.6) is 0 Å². The Hall–Kier alpha value is -4.85. The molecule has 172 valence electrons. The molecule has 8 heteroatoms. The number of amides is 5. The van der Waals surface area contributed by atoms with Gasteiger partial charge in [0.05, 0.1) is 28.7 Å². The average Bonchev–Trinajstić information content (AvgIpc) is 3.16. The SMILES string of the molecule is CC1=NN(c2ccccc2)C(=O)[C@@H]1C=C1C(=O)N(c2ccccc2)C(=O)N(c2ccccc2)C1=O. The number of urea groups is 1. The van der Waals surface area contributed by atoms with Crippen LogP contribution in [0.4, 0.5) is 21.9 Å². The summed E-state index contributed by atoms with van der Waals surface area (Å²) in [5.41, 5.74) is 1.36. The summed E-state index contributed by atoms with van der Waals surface area (Å²) in [6.07, 6.45) is 1.31. The highest BCUT2D eigenvalue weighted by Gasteiger charge is 2.45. The summed E-state index contributed by atoms with van der Waals surface area (Å²) >= 11 is 0. The number of carbonyl (C=O) groups is 4. The Kier molecular flexibility index (Phi) is 5.54. The Morgan fingerprint density at radius 2 is 1.09 bits per heavy atom. The normalized spacial score (nSPS) is 18.3. The highest BCUT2D eigenvalue weighted by molar-refractivity contribution is 6.45. The summed E-state index contributed by atoms with van der Waals surface area (Å²) < 4.78 is 0. The lowest BCUT2D eigenvalue weighted by Crippen LogP contribution is -2.57. The van der Waals surface area contributed by atoms with Crippen molar-refractivity contribution in [3.63, 3.8) is 0 Å². The second-order valence-electron chi connectivity index (χ2n) is 8.02. The molecule has 1 fully saturated rings. The van der Waals surface area contributed by atoms with Gasteiger partial charge in [0.2, 0.25) is 0 Å². The number of para-hydroxylation sites is 3. The summed E-state index contributed by atoms with van der Waals surface area (Å²) in [6.45, 7) is 1.66. The smallest absolute Gasteiger partial charge is 0.271 e. The molecule has 35 heavy (non-hydrogen) atoms. The monoisotopic (exact) mass is 464 g/mol. The van der Waals surface area contributed by atoms with Crippen LogP contribution >= 0.6 is 0 Å². The first-order chi connectivity index (χ1) is 17.0. The molecule has 3 aromatic carbocycles. The van der Waals surface area contributed by atoms with Gasteiger partial charge in [-0.1, -0.05) is 54.6 Å². The summed E-state index contributed by atoms with van der Waals surface area (Å²) in [6, 6.07) is 24.8. The molecule has 0 bridgehead atoms. The lowest BCUT2D eigenvalue weighted by atomic mass is 9.98. The minimum atomic E-state index is -0.929. The first-order valence-electron chi connectivity index (χ1n) is 11.0. The van der Waals surface area contributed by atoms with Crippen LogP contribution in [-0.4, -0.2) is 29.5 Å². The van der Waals surface area contributed by atoms with Crippen molar-refractivity contribution in [2.24, 2.45) is 11.0 Å². The molecule has 2 aliphatic rings. The van der Waals surface area contributed by atoms with E-state index in [2.05, 4.69) is 5.10 Å². The second kappa shape index (κ2) is 8.83. The van der Waals surface area contributed by atoms with Crippen LogP contribution < -0.4 is 14.8 Å². The van der Waals surface area contributed by atoms with Gasteiger partial charge in [-0.05, 0) is 49.4 Å². The predicted molar refractivity (Wildman–Crippen MR) is 132 cm³/mol. The topological polar surface area (TPSA) is 90.4 Å². The Labute approximate surface area is 201 Å². The average molecular weight is 464 g/mol. The van der Waals surface area contributed by atoms with E-state index in [-0.39, 0.29) is 5.57 Å². The molecule has 2 heterocycles. The van der Waals surface area contributed by atoms with E-state index in [4.69, 9.17) is 0 Å². The molecular formula is C27H20N4O4. The number of carbonyl (C=O) groups excluding carboxylic acids is 4. The molecule has 0 unspecified atom stereocenters. The minimum absolute atomic E-state index is 0.278. The maximum absolute atomic E-state index is 13.5. The zero-order valence-corrected chi connectivity index (χ0v) is 18.7. The van der Waals surface area contributed by atoms with E-state index in [0.717, 1.165) is 9.80 Å². The van der Waals surface area contributed by atoms with Crippen LogP contribution in [0, 0.1) is 5.92 Å². The van der Waals surface area contributed by atoms with Crippen molar-refractivity contribution < 1.29 is 19.2 Å². The number of benzene rings is 3. The largest absolute Gasteiger partial charge is 0.343 e. The molecule has 1 saturated heterocycles. The molecule has 2 aliphatic heterocycles. The standard InChI is InChI=1S/C27H20N4O4/c1-18-22(26(34)31(28-18)21-15-9-4-10-16-21)17-23-24(32)29(19-11-5-2-6-12-19)27(35)30(25(23)33)20-13-7-3-8-14-20/h2-17,22H,1H3/t22-/m1/s1. The number of hydrogen-bond donors (Lipinski definition) is 0. The first kappa shape index (κ1) is 22.0. The third-order valence-electron chi connectivity index (χ3n) is 5.80. The molecule has 5 amide bonds. The fraction of sp³-hybridized carbons (Fsp3) is 0.0741. The van der Waals surface area contributed by atoms with Crippen molar-refractivity contribution in [3.05, 3.63) is 103 Å². The maximum Gasteiger partial charge on any atom is 0.343 e. The Morgan fingerprint density at radius 1 is 0.657 bits per heavy atom. The van der Waals surface area contributed by atoms with Crippen LogP contribution in [0.3, 0.4) is 0 Å². The summed E-state index contributed by atoms with van der Waals surface area (Å²) in [5.74, 6) is -2.91. The molecule has 0 radical (unpaired) electrons. The number of hydrogen-bond acceptors (Lipinski definition) is 5. The van der Waals surface area contributed by atoms with E-state index in [9.17, 15) is 19.2 Å². The van der Waals surface area contributed by atoms with Crippen LogP contribution in [-0.2, 0) is 14.4 Å². The molecule has 0 N–H and O–H groups in total. The second-order valence-corrected chi connectivity index (χ2v) is 8.02. The number of hydrazone groups is 1. The third kappa shape index (κ3) is 3.80. The number of barbiturate groups is 1. The molecule has 5 rings (SSSR count). The van der Waals surface area contributed by atoms with Crippen LogP contribution in [0.2, 0.25) is 0 Å². The van der Waals surface area contributed by atoms with E-state index in [1.165, 1.54) is 11.1 Å². The minimum Gasteiger partial charge on any atom is -0.271 e. The van der Waals surface area contributed by atoms with Gasteiger partial charge >= 0.3 is 6.03 Å². The number of anilines is 3. The summed E-state index contributed by atoms with van der Waals surface area (Å²) in [4.78, 5) is 55.5. The molecule has 3 aromatic rings. The van der Waals surface area contributed by atoms with Crippen LogP contribution in [0.15, 0.2) is 108 Å². The number of imide groups is 2. The van der Waals surface area contributed by atoms with Gasteiger partial charge < -0.3 is 0 Å². The zero-order valence-electron chi connectivity index (χ0n) is 18.7. The molecule has 1 atom stereocenters. The van der Waals surface area contributed by atoms with E-state index in [0.29, 0.717) is 22.8 Å². The van der Waals surface area contributed by atoms with Crippen molar-refractivity contribution in [3.8, 4) is 0 Å². The van der Waals surface area contributed by atoms with Crippen LogP contribution in [0.1, 0.15) is 6.92 Å².